The predicted octanol–water partition coefficient (Wildman–Crippen LogP) is 4.04. The lowest BCUT2D eigenvalue weighted by molar-refractivity contribution is 0.0737. The highest BCUT2D eigenvalue weighted by atomic mass is 32.3. The molecule has 0 aromatic heterocycles. The zero-order valence-corrected chi connectivity index (χ0v) is 13.2. The fraction of sp³-hybridized carbons (Fsp3) is 0.0556. The standard InChI is InChI=1S/C17H12O2.CH4.H2O4S/c18-17(14-8-2-1-3-9-14)19-16-12-6-10-13-7-4-5-11-15(13)16;;1-5(2,3)4/h1-12H;1H4;(H2,1,2,3,4). The summed E-state index contributed by atoms with van der Waals surface area (Å²) in [5.41, 5.74) is 0.551. The Morgan fingerprint density at radius 3 is 1.96 bits per heavy atom. The molecule has 0 heterocycles. The molecule has 0 amide bonds. The number of carbonyl (C=O) groups excluding carboxylic acids is 1. The van der Waals surface area contributed by atoms with Gasteiger partial charge < -0.3 is 4.74 Å². The number of carbonyl (C=O) groups is 1. The number of rotatable bonds is 2. The maximum atomic E-state index is 12.0. The van der Waals surface area contributed by atoms with Gasteiger partial charge in [0.15, 0.2) is 0 Å². The lowest BCUT2D eigenvalue weighted by Gasteiger charge is -2.07. The van der Waals surface area contributed by atoms with Crippen LogP contribution in [0.3, 0.4) is 0 Å². The van der Waals surface area contributed by atoms with E-state index < -0.39 is 10.4 Å². The SMILES string of the molecule is C.O=C(Oc1cccc2ccccc12)c1ccccc1.O=S(=O)(O)O. The van der Waals surface area contributed by atoms with Crippen molar-refractivity contribution in [2.24, 2.45) is 0 Å². The van der Waals surface area contributed by atoms with Gasteiger partial charge in [-0.15, -0.1) is 0 Å². The molecule has 2 N–H and O–H groups in total. The molecule has 6 nitrogen and oxygen atoms in total. The van der Waals surface area contributed by atoms with Crippen LogP contribution < -0.4 is 4.74 Å². The molecule has 7 heteroatoms. The first-order valence-electron chi connectivity index (χ1n) is 6.79. The predicted molar refractivity (Wildman–Crippen MR) is 96.3 cm³/mol. The lowest BCUT2D eigenvalue weighted by Crippen LogP contribution is -2.08. The van der Waals surface area contributed by atoms with E-state index in [1.165, 1.54) is 0 Å². The zero-order chi connectivity index (χ0) is 17.6. The molecule has 0 saturated heterocycles. The van der Waals surface area contributed by atoms with Crippen molar-refractivity contribution in [3.8, 4) is 5.75 Å². The first-order valence-corrected chi connectivity index (χ1v) is 8.19. The Hall–Kier alpha value is -2.74. The van der Waals surface area contributed by atoms with Gasteiger partial charge in [0, 0.05) is 5.39 Å². The lowest BCUT2D eigenvalue weighted by atomic mass is 10.1. The number of ether oxygens (including phenoxy) is 1. The molecule has 0 atom stereocenters. The van der Waals surface area contributed by atoms with Crippen molar-refractivity contribution in [3.63, 3.8) is 0 Å². The second-order valence-electron chi connectivity index (χ2n) is 4.68. The highest BCUT2D eigenvalue weighted by molar-refractivity contribution is 7.79. The number of hydrogen-bond acceptors (Lipinski definition) is 4. The van der Waals surface area contributed by atoms with Crippen LogP contribution in [0.5, 0.6) is 5.75 Å². The van der Waals surface area contributed by atoms with Gasteiger partial charge in [0.2, 0.25) is 0 Å². The minimum Gasteiger partial charge on any atom is -0.422 e. The minimum atomic E-state index is -4.67. The van der Waals surface area contributed by atoms with E-state index in [0.717, 1.165) is 10.8 Å². The minimum absolute atomic E-state index is 0. The Labute approximate surface area is 146 Å². The summed E-state index contributed by atoms with van der Waals surface area (Å²) in [7, 11) is -4.67. The second-order valence-corrected chi connectivity index (χ2v) is 5.58. The largest absolute Gasteiger partial charge is 0.422 e. The fourth-order valence-electron chi connectivity index (χ4n) is 2.02. The normalized spacial score (nSPS) is 10.2. The van der Waals surface area contributed by atoms with Gasteiger partial charge >= 0.3 is 16.4 Å². The van der Waals surface area contributed by atoms with E-state index in [1.807, 2.05) is 60.7 Å². The molecule has 0 spiro atoms. The summed E-state index contributed by atoms with van der Waals surface area (Å²) >= 11 is 0. The van der Waals surface area contributed by atoms with E-state index in [0.29, 0.717) is 11.3 Å². The van der Waals surface area contributed by atoms with Crippen molar-refractivity contribution >= 4 is 27.1 Å². The molecule has 0 aliphatic rings. The number of hydrogen-bond donors (Lipinski definition) is 2. The smallest absolute Gasteiger partial charge is 0.394 e. The molecule has 3 aromatic rings. The monoisotopic (exact) mass is 362 g/mol. The van der Waals surface area contributed by atoms with Gasteiger partial charge in [-0.1, -0.05) is 62.0 Å². The fourth-order valence-corrected chi connectivity index (χ4v) is 2.02. The van der Waals surface area contributed by atoms with Crippen molar-refractivity contribution < 1.29 is 27.1 Å². The summed E-state index contributed by atoms with van der Waals surface area (Å²) in [4.78, 5) is 12.0. The van der Waals surface area contributed by atoms with Crippen LogP contribution in [0.1, 0.15) is 17.8 Å². The number of esters is 1. The Balaban J connectivity index is 0.000000462. The van der Waals surface area contributed by atoms with Crippen molar-refractivity contribution in [3.05, 3.63) is 78.4 Å². The van der Waals surface area contributed by atoms with E-state index in [9.17, 15) is 4.79 Å². The highest BCUT2D eigenvalue weighted by Crippen LogP contribution is 2.25. The summed E-state index contributed by atoms with van der Waals surface area (Å²) in [5.74, 6) is 0.254. The van der Waals surface area contributed by atoms with Gasteiger partial charge in [-0.2, -0.15) is 8.42 Å². The molecule has 132 valence electrons. The summed E-state index contributed by atoms with van der Waals surface area (Å²) in [5, 5.41) is 2.00. The van der Waals surface area contributed by atoms with E-state index >= 15 is 0 Å². The van der Waals surface area contributed by atoms with Crippen molar-refractivity contribution in [2.45, 2.75) is 7.43 Å². The Bertz CT molecular complexity index is 923. The van der Waals surface area contributed by atoms with E-state index in [4.69, 9.17) is 22.3 Å². The summed E-state index contributed by atoms with van der Waals surface area (Å²) in [6, 6.07) is 22.5. The van der Waals surface area contributed by atoms with Gasteiger partial charge in [0.25, 0.3) is 0 Å². The molecule has 0 aliphatic heterocycles. The third kappa shape index (κ3) is 6.72. The Kier molecular flexibility index (Phi) is 7.25. The highest BCUT2D eigenvalue weighted by Gasteiger charge is 2.09. The Morgan fingerprint density at radius 2 is 1.32 bits per heavy atom. The molecular formula is C18H18O6S. The Morgan fingerprint density at radius 1 is 0.800 bits per heavy atom. The van der Waals surface area contributed by atoms with Crippen LogP contribution in [0.2, 0.25) is 0 Å². The molecule has 0 bridgehead atoms. The summed E-state index contributed by atoms with van der Waals surface area (Å²) in [6.45, 7) is 0. The number of benzene rings is 3. The maximum Gasteiger partial charge on any atom is 0.394 e. The molecular weight excluding hydrogens is 344 g/mol. The maximum absolute atomic E-state index is 12.0. The molecule has 0 saturated carbocycles. The van der Waals surface area contributed by atoms with Crippen LogP contribution in [-0.4, -0.2) is 23.5 Å². The van der Waals surface area contributed by atoms with Gasteiger partial charge in [-0.25, -0.2) is 4.79 Å². The van der Waals surface area contributed by atoms with Crippen LogP contribution in [-0.2, 0) is 10.4 Å². The molecule has 3 aromatic carbocycles. The molecule has 3 rings (SSSR count). The average Bonchev–Trinajstić information content (AvgIpc) is 2.54. The quantitative estimate of drug-likeness (QED) is 0.405. The third-order valence-corrected chi connectivity index (χ3v) is 2.96. The number of fused-ring (bicyclic) bond motifs is 1. The molecule has 0 unspecified atom stereocenters. The first-order chi connectivity index (χ1) is 11.3. The van der Waals surface area contributed by atoms with Gasteiger partial charge in [0.05, 0.1) is 5.56 Å². The molecule has 0 radical (unpaired) electrons. The van der Waals surface area contributed by atoms with Gasteiger partial charge in [0.1, 0.15) is 5.75 Å². The summed E-state index contributed by atoms with van der Waals surface area (Å²) < 4.78 is 37.1. The van der Waals surface area contributed by atoms with Crippen molar-refractivity contribution in [1.82, 2.24) is 0 Å². The van der Waals surface area contributed by atoms with Crippen molar-refractivity contribution in [1.29, 1.82) is 0 Å². The van der Waals surface area contributed by atoms with E-state index in [-0.39, 0.29) is 13.4 Å². The van der Waals surface area contributed by atoms with Crippen LogP contribution in [0.25, 0.3) is 10.8 Å². The van der Waals surface area contributed by atoms with Crippen LogP contribution in [0, 0.1) is 0 Å². The van der Waals surface area contributed by atoms with Crippen LogP contribution in [0.15, 0.2) is 72.8 Å². The third-order valence-electron chi connectivity index (χ3n) is 2.96. The average molecular weight is 362 g/mol. The topological polar surface area (TPSA) is 101 Å². The molecule has 0 fully saturated rings. The van der Waals surface area contributed by atoms with Gasteiger partial charge in [-0.05, 0) is 23.6 Å². The van der Waals surface area contributed by atoms with Gasteiger partial charge in [-0.3, -0.25) is 9.11 Å². The molecule has 25 heavy (non-hydrogen) atoms. The van der Waals surface area contributed by atoms with Crippen LogP contribution in [0.4, 0.5) is 0 Å². The van der Waals surface area contributed by atoms with Crippen molar-refractivity contribution in [2.75, 3.05) is 0 Å². The summed E-state index contributed by atoms with van der Waals surface area (Å²) in [6.07, 6.45) is 0. The van der Waals surface area contributed by atoms with E-state index in [2.05, 4.69) is 0 Å². The zero-order valence-electron chi connectivity index (χ0n) is 12.4. The molecule has 0 aliphatic carbocycles. The van der Waals surface area contributed by atoms with Crippen LogP contribution >= 0.6 is 0 Å². The first kappa shape index (κ1) is 20.3. The van der Waals surface area contributed by atoms with E-state index in [1.54, 1.807) is 12.1 Å². The second kappa shape index (κ2) is 8.93.